The van der Waals surface area contributed by atoms with E-state index >= 15 is 0 Å². The van der Waals surface area contributed by atoms with Crippen molar-refractivity contribution in [3.8, 4) is 0 Å². The lowest BCUT2D eigenvalue weighted by atomic mass is 10.1. The predicted molar refractivity (Wildman–Crippen MR) is 74.2 cm³/mol. The maximum absolute atomic E-state index is 5.31. The lowest BCUT2D eigenvalue weighted by Crippen LogP contribution is -2.12. The zero-order valence-corrected chi connectivity index (χ0v) is 11.9. The Morgan fingerprint density at radius 1 is 1.47 bits per heavy atom. The lowest BCUT2D eigenvalue weighted by molar-refractivity contribution is 0.503. The van der Waals surface area contributed by atoms with Gasteiger partial charge in [-0.25, -0.2) is 0 Å². The molecule has 0 amide bonds. The average molecular weight is 267 g/mol. The normalized spacial score (nSPS) is 13.2. The van der Waals surface area contributed by atoms with Gasteiger partial charge in [0.2, 0.25) is 0 Å². The molecule has 2 aromatic heterocycles. The number of hydrogen-bond donors (Lipinski definition) is 1. The van der Waals surface area contributed by atoms with Crippen LogP contribution in [0.15, 0.2) is 16.8 Å². The fraction of sp³-hybridized carbons (Fsp3) is 0.500. The van der Waals surface area contributed by atoms with Crippen LogP contribution in [0.2, 0.25) is 0 Å². The van der Waals surface area contributed by atoms with Gasteiger partial charge in [0.25, 0.3) is 0 Å². The van der Waals surface area contributed by atoms with E-state index in [-0.39, 0.29) is 0 Å². The molecule has 0 aliphatic carbocycles. The highest BCUT2D eigenvalue weighted by Crippen LogP contribution is 2.21. The van der Waals surface area contributed by atoms with Crippen molar-refractivity contribution in [2.75, 3.05) is 0 Å². The van der Waals surface area contributed by atoms with Crippen LogP contribution in [0, 0.1) is 4.77 Å². The molecule has 92 valence electrons. The fourth-order valence-electron chi connectivity index (χ4n) is 1.99. The van der Waals surface area contributed by atoms with Gasteiger partial charge in [0.05, 0.1) is 0 Å². The Bertz CT molecular complexity index is 522. The second-order valence-corrected chi connectivity index (χ2v) is 5.76. The van der Waals surface area contributed by atoms with Crippen LogP contribution < -0.4 is 0 Å². The van der Waals surface area contributed by atoms with Crippen molar-refractivity contribution >= 4 is 23.6 Å². The molecule has 0 aliphatic heterocycles. The maximum Gasteiger partial charge on any atom is 0.195 e. The molecule has 1 atom stereocenters. The van der Waals surface area contributed by atoms with E-state index in [0.717, 1.165) is 17.0 Å². The number of rotatable bonds is 4. The van der Waals surface area contributed by atoms with Gasteiger partial charge in [-0.1, -0.05) is 13.8 Å². The Labute approximate surface area is 111 Å². The minimum absolute atomic E-state index is 0.341. The van der Waals surface area contributed by atoms with Crippen LogP contribution in [-0.2, 0) is 6.42 Å². The van der Waals surface area contributed by atoms with Gasteiger partial charge in [0.15, 0.2) is 4.77 Å². The molecule has 1 N–H and O–H groups in total. The van der Waals surface area contributed by atoms with Crippen molar-refractivity contribution in [1.29, 1.82) is 0 Å². The number of aromatic amines is 1. The number of nitrogens with one attached hydrogen (secondary N) is 1. The first-order valence-corrected chi connectivity index (χ1v) is 7.12. The molecular formula is C12H17N3S2. The van der Waals surface area contributed by atoms with Gasteiger partial charge in [-0.2, -0.15) is 16.4 Å². The molecule has 0 spiro atoms. The quantitative estimate of drug-likeness (QED) is 0.852. The van der Waals surface area contributed by atoms with E-state index in [1.807, 2.05) is 0 Å². The summed E-state index contributed by atoms with van der Waals surface area (Å²) in [6.45, 7) is 6.46. The third-order valence-corrected chi connectivity index (χ3v) is 3.82. The van der Waals surface area contributed by atoms with Crippen LogP contribution in [-0.4, -0.2) is 14.8 Å². The molecule has 0 saturated carbocycles. The van der Waals surface area contributed by atoms with E-state index in [2.05, 4.69) is 52.4 Å². The first-order chi connectivity index (χ1) is 8.09. The van der Waals surface area contributed by atoms with E-state index in [4.69, 9.17) is 12.2 Å². The average Bonchev–Trinajstić information content (AvgIpc) is 2.86. The highest BCUT2D eigenvalue weighted by molar-refractivity contribution is 7.71. The van der Waals surface area contributed by atoms with Gasteiger partial charge in [-0.05, 0) is 48.0 Å². The van der Waals surface area contributed by atoms with Crippen LogP contribution in [0.3, 0.4) is 0 Å². The second-order valence-electron chi connectivity index (χ2n) is 4.60. The molecule has 1 unspecified atom stereocenters. The smallest absolute Gasteiger partial charge is 0.195 e. The standard InChI is InChI=1S/C12H17N3S2/c1-8(2)11-13-14-12(16)15(11)9(3)6-10-4-5-17-7-10/h4-5,7-9H,6H2,1-3H3,(H,14,16). The second kappa shape index (κ2) is 5.14. The fourth-order valence-corrected chi connectivity index (χ4v) is 2.99. The van der Waals surface area contributed by atoms with Crippen LogP contribution >= 0.6 is 23.6 Å². The summed E-state index contributed by atoms with van der Waals surface area (Å²) >= 11 is 7.05. The molecule has 5 heteroatoms. The van der Waals surface area contributed by atoms with E-state index in [1.165, 1.54) is 5.56 Å². The Hall–Kier alpha value is -0.940. The van der Waals surface area contributed by atoms with Crippen molar-refractivity contribution < 1.29 is 0 Å². The minimum Gasteiger partial charge on any atom is -0.301 e. The molecule has 2 aromatic rings. The number of thiophene rings is 1. The Kier molecular flexibility index (Phi) is 3.79. The van der Waals surface area contributed by atoms with Crippen LogP contribution in [0.25, 0.3) is 0 Å². The Morgan fingerprint density at radius 2 is 2.24 bits per heavy atom. The summed E-state index contributed by atoms with van der Waals surface area (Å²) in [6, 6.07) is 2.51. The number of H-pyrrole nitrogens is 1. The zero-order chi connectivity index (χ0) is 12.4. The predicted octanol–water partition coefficient (Wildman–Crippen LogP) is 3.93. The largest absolute Gasteiger partial charge is 0.301 e. The first-order valence-electron chi connectivity index (χ1n) is 5.77. The monoisotopic (exact) mass is 267 g/mol. The highest BCUT2D eigenvalue weighted by Gasteiger charge is 2.15. The van der Waals surface area contributed by atoms with Crippen LogP contribution in [0.4, 0.5) is 0 Å². The van der Waals surface area contributed by atoms with Crippen molar-refractivity contribution in [2.45, 2.75) is 39.2 Å². The number of nitrogens with zero attached hydrogens (tertiary/aromatic N) is 2. The summed E-state index contributed by atoms with van der Waals surface area (Å²) < 4.78 is 2.86. The van der Waals surface area contributed by atoms with Crippen molar-refractivity contribution in [1.82, 2.24) is 14.8 Å². The summed E-state index contributed by atoms with van der Waals surface area (Å²) in [4.78, 5) is 0. The van der Waals surface area contributed by atoms with Gasteiger partial charge >= 0.3 is 0 Å². The van der Waals surface area contributed by atoms with Gasteiger partial charge in [-0.15, -0.1) is 0 Å². The van der Waals surface area contributed by atoms with E-state index < -0.39 is 0 Å². The van der Waals surface area contributed by atoms with Gasteiger partial charge in [0.1, 0.15) is 5.82 Å². The summed E-state index contributed by atoms with van der Waals surface area (Å²) in [5.41, 5.74) is 1.36. The topological polar surface area (TPSA) is 33.6 Å². The van der Waals surface area contributed by atoms with Gasteiger partial charge < -0.3 is 4.57 Å². The van der Waals surface area contributed by atoms with Crippen LogP contribution in [0.1, 0.15) is 44.1 Å². The molecule has 0 saturated heterocycles. The molecule has 2 heterocycles. The summed E-state index contributed by atoms with van der Waals surface area (Å²) in [5.74, 6) is 1.42. The molecule has 17 heavy (non-hydrogen) atoms. The molecule has 0 bridgehead atoms. The Morgan fingerprint density at radius 3 is 2.82 bits per heavy atom. The summed E-state index contributed by atoms with van der Waals surface area (Å²) in [5, 5.41) is 11.5. The molecule has 2 rings (SSSR count). The molecule has 0 aliphatic rings. The molecule has 0 aromatic carbocycles. The molecule has 0 fully saturated rings. The minimum atomic E-state index is 0.341. The molecular weight excluding hydrogens is 250 g/mol. The number of aromatic nitrogens is 3. The third-order valence-electron chi connectivity index (χ3n) is 2.80. The molecule has 3 nitrogen and oxygen atoms in total. The van der Waals surface area contributed by atoms with Gasteiger partial charge in [0, 0.05) is 12.0 Å². The van der Waals surface area contributed by atoms with E-state index in [1.54, 1.807) is 11.3 Å². The van der Waals surface area contributed by atoms with Crippen molar-refractivity contribution in [3.63, 3.8) is 0 Å². The first kappa shape index (κ1) is 12.5. The summed E-state index contributed by atoms with van der Waals surface area (Å²) in [7, 11) is 0. The van der Waals surface area contributed by atoms with Gasteiger partial charge in [-0.3, -0.25) is 5.10 Å². The Balaban J connectivity index is 2.27. The zero-order valence-electron chi connectivity index (χ0n) is 10.3. The van der Waals surface area contributed by atoms with Crippen LogP contribution in [0.5, 0.6) is 0 Å². The maximum atomic E-state index is 5.31. The third kappa shape index (κ3) is 2.66. The highest BCUT2D eigenvalue weighted by atomic mass is 32.1. The van der Waals surface area contributed by atoms with Crippen molar-refractivity contribution in [2.24, 2.45) is 0 Å². The van der Waals surface area contributed by atoms with E-state index in [9.17, 15) is 0 Å². The lowest BCUT2D eigenvalue weighted by Gasteiger charge is -2.16. The summed E-state index contributed by atoms with van der Waals surface area (Å²) in [6.07, 6.45) is 0.997. The van der Waals surface area contributed by atoms with E-state index in [0.29, 0.717) is 12.0 Å². The number of hydrogen-bond acceptors (Lipinski definition) is 3. The van der Waals surface area contributed by atoms with Crippen molar-refractivity contribution in [3.05, 3.63) is 33.0 Å². The molecule has 0 radical (unpaired) electrons. The SMILES string of the molecule is CC(C)c1n[nH]c(=S)n1C(C)Cc1ccsc1.